The molecule has 0 N–H and O–H groups in total. The van der Waals surface area contributed by atoms with Gasteiger partial charge >= 0.3 is 0 Å². The third-order valence-electron chi connectivity index (χ3n) is 3.50. The average molecular weight is 315 g/mol. The van der Waals surface area contributed by atoms with Crippen molar-refractivity contribution in [1.82, 2.24) is 14.8 Å². The average Bonchev–Trinajstić information content (AvgIpc) is 3.05. The second-order valence-corrected chi connectivity index (χ2v) is 6.08. The summed E-state index contributed by atoms with van der Waals surface area (Å²) in [6.45, 7) is 2.46. The van der Waals surface area contributed by atoms with E-state index in [2.05, 4.69) is 26.2 Å². The Balaban J connectivity index is 1.97. The zero-order valence-corrected chi connectivity index (χ0v) is 12.8. The molecule has 104 valence electrons. The molecule has 0 saturated heterocycles. The monoisotopic (exact) mass is 314 g/mol. The summed E-state index contributed by atoms with van der Waals surface area (Å²) < 4.78 is 2.08. The van der Waals surface area contributed by atoms with Crippen molar-refractivity contribution in [3.05, 3.63) is 63.5 Å². The summed E-state index contributed by atoms with van der Waals surface area (Å²) in [5, 5.41) is 12.3. The number of hydrogen-bond acceptors (Lipinski definition) is 4. The number of thiophene rings is 1. The van der Waals surface area contributed by atoms with Crippen LogP contribution in [0.25, 0.3) is 5.00 Å². The molecule has 3 heterocycles. The molecule has 0 radical (unpaired) electrons. The fraction of sp³-hybridized carbons (Fsp3) is 0.133. The topological polar surface area (TPSA) is 43.1 Å². The first-order chi connectivity index (χ1) is 10.3. The maximum Gasteiger partial charge on any atom is 0.160 e. The van der Waals surface area contributed by atoms with E-state index in [1.165, 1.54) is 0 Å². The Bertz CT molecular complexity index is 862. The van der Waals surface area contributed by atoms with E-state index in [4.69, 9.17) is 16.6 Å². The summed E-state index contributed by atoms with van der Waals surface area (Å²) in [5.41, 5.74) is 2.95. The standard InChI is InChI=1S/C15H11ClN4S/c1-9-18-19-13-8-17-14(10-4-2-3-5-12(10)16)11-6-7-21-15(11)20(9)13/h2-7H,8H2,1H3. The summed E-state index contributed by atoms with van der Waals surface area (Å²) in [6, 6.07) is 9.88. The number of fused-ring (bicyclic) bond motifs is 3. The van der Waals surface area contributed by atoms with Gasteiger partial charge in [0.15, 0.2) is 5.82 Å². The number of hydrogen-bond donors (Lipinski definition) is 0. The van der Waals surface area contributed by atoms with Crippen molar-refractivity contribution in [1.29, 1.82) is 0 Å². The zero-order valence-electron chi connectivity index (χ0n) is 11.2. The number of rotatable bonds is 1. The van der Waals surface area contributed by atoms with Crippen LogP contribution in [0.2, 0.25) is 5.02 Å². The van der Waals surface area contributed by atoms with Crippen LogP contribution >= 0.6 is 22.9 Å². The number of aliphatic imine (C=N–C) groups is 1. The smallest absolute Gasteiger partial charge is 0.160 e. The molecule has 1 aliphatic rings. The van der Waals surface area contributed by atoms with Crippen LogP contribution in [0.3, 0.4) is 0 Å². The van der Waals surface area contributed by atoms with Crippen LogP contribution in [0.1, 0.15) is 22.8 Å². The van der Waals surface area contributed by atoms with Gasteiger partial charge in [-0.2, -0.15) is 0 Å². The SMILES string of the molecule is Cc1nnc2n1-c1sccc1C(c1ccccc1Cl)=NC2. The summed E-state index contributed by atoms with van der Waals surface area (Å²) in [5.74, 6) is 1.74. The zero-order chi connectivity index (χ0) is 14.4. The van der Waals surface area contributed by atoms with E-state index < -0.39 is 0 Å². The van der Waals surface area contributed by atoms with E-state index in [9.17, 15) is 0 Å². The lowest BCUT2D eigenvalue weighted by atomic mass is 10.0. The minimum atomic E-state index is 0.503. The van der Waals surface area contributed by atoms with Gasteiger partial charge in [-0.25, -0.2) is 0 Å². The molecule has 0 spiro atoms. The van der Waals surface area contributed by atoms with E-state index in [1.54, 1.807) is 11.3 Å². The molecule has 4 rings (SSSR count). The molecule has 3 aromatic rings. The fourth-order valence-electron chi connectivity index (χ4n) is 2.55. The van der Waals surface area contributed by atoms with Crippen LogP contribution in [0.15, 0.2) is 40.7 Å². The first kappa shape index (κ1) is 12.7. The highest BCUT2D eigenvalue weighted by molar-refractivity contribution is 7.13. The highest BCUT2D eigenvalue weighted by atomic mass is 35.5. The van der Waals surface area contributed by atoms with Crippen LogP contribution in [-0.2, 0) is 6.54 Å². The van der Waals surface area contributed by atoms with E-state index in [0.717, 1.165) is 33.5 Å². The third kappa shape index (κ3) is 1.92. The van der Waals surface area contributed by atoms with Gasteiger partial charge in [-0.3, -0.25) is 9.56 Å². The maximum absolute atomic E-state index is 6.35. The van der Waals surface area contributed by atoms with Crippen molar-refractivity contribution in [2.24, 2.45) is 4.99 Å². The number of nitrogens with zero attached hydrogens (tertiary/aromatic N) is 4. The Labute approximate surface area is 130 Å². The van der Waals surface area contributed by atoms with E-state index in [-0.39, 0.29) is 0 Å². The second kappa shape index (κ2) is 4.79. The van der Waals surface area contributed by atoms with Gasteiger partial charge in [-0.15, -0.1) is 21.5 Å². The summed E-state index contributed by atoms with van der Waals surface area (Å²) in [7, 11) is 0. The summed E-state index contributed by atoms with van der Waals surface area (Å²) >= 11 is 8.01. The Hall–Kier alpha value is -1.98. The van der Waals surface area contributed by atoms with E-state index in [1.807, 2.05) is 31.2 Å². The molecule has 0 unspecified atom stereocenters. The lowest BCUT2D eigenvalue weighted by molar-refractivity contribution is 0.869. The molecule has 21 heavy (non-hydrogen) atoms. The summed E-state index contributed by atoms with van der Waals surface area (Å²) in [6.07, 6.45) is 0. The van der Waals surface area contributed by atoms with Gasteiger partial charge in [-0.1, -0.05) is 29.8 Å². The van der Waals surface area contributed by atoms with Crippen LogP contribution in [0, 0.1) is 6.92 Å². The predicted molar refractivity (Wildman–Crippen MR) is 84.8 cm³/mol. The quantitative estimate of drug-likeness (QED) is 0.688. The molecule has 0 aliphatic carbocycles. The lowest BCUT2D eigenvalue weighted by Crippen LogP contribution is -2.05. The van der Waals surface area contributed by atoms with Gasteiger partial charge < -0.3 is 0 Å². The van der Waals surface area contributed by atoms with Gasteiger partial charge in [0.2, 0.25) is 0 Å². The molecular weight excluding hydrogens is 304 g/mol. The Kier molecular flexibility index (Phi) is 2.90. The van der Waals surface area contributed by atoms with Gasteiger partial charge in [0.1, 0.15) is 17.4 Å². The third-order valence-corrected chi connectivity index (χ3v) is 4.73. The van der Waals surface area contributed by atoms with Crippen molar-refractivity contribution >= 4 is 28.6 Å². The second-order valence-electron chi connectivity index (χ2n) is 4.78. The van der Waals surface area contributed by atoms with Gasteiger partial charge in [0.05, 0.1) is 5.71 Å². The number of benzene rings is 1. The van der Waals surface area contributed by atoms with E-state index >= 15 is 0 Å². The van der Waals surface area contributed by atoms with Crippen molar-refractivity contribution < 1.29 is 0 Å². The Morgan fingerprint density at radius 2 is 2.00 bits per heavy atom. The number of halogens is 1. The van der Waals surface area contributed by atoms with Crippen molar-refractivity contribution in [3.63, 3.8) is 0 Å². The van der Waals surface area contributed by atoms with Crippen LogP contribution in [0.5, 0.6) is 0 Å². The molecule has 4 nitrogen and oxygen atoms in total. The van der Waals surface area contributed by atoms with E-state index in [0.29, 0.717) is 11.6 Å². The first-order valence-electron chi connectivity index (χ1n) is 6.54. The predicted octanol–water partition coefficient (Wildman–Crippen LogP) is 3.64. The Morgan fingerprint density at radius 1 is 1.14 bits per heavy atom. The molecule has 0 fully saturated rings. The molecule has 0 amide bonds. The molecule has 1 aliphatic heterocycles. The maximum atomic E-state index is 6.35. The molecule has 0 saturated carbocycles. The molecule has 0 atom stereocenters. The van der Waals surface area contributed by atoms with Crippen LogP contribution in [-0.4, -0.2) is 20.5 Å². The fourth-order valence-corrected chi connectivity index (χ4v) is 3.74. The van der Waals surface area contributed by atoms with Crippen LogP contribution < -0.4 is 0 Å². The number of aryl methyl sites for hydroxylation is 1. The minimum Gasteiger partial charge on any atom is -0.276 e. The first-order valence-corrected chi connectivity index (χ1v) is 7.80. The largest absolute Gasteiger partial charge is 0.276 e. The molecule has 1 aromatic carbocycles. The van der Waals surface area contributed by atoms with Crippen LogP contribution in [0.4, 0.5) is 0 Å². The van der Waals surface area contributed by atoms with Crippen molar-refractivity contribution in [2.75, 3.05) is 0 Å². The van der Waals surface area contributed by atoms with Gasteiger partial charge in [-0.05, 0) is 24.4 Å². The summed E-state index contributed by atoms with van der Waals surface area (Å²) in [4.78, 5) is 4.74. The van der Waals surface area contributed by atoms with Gasteiger partial charge in [0, 0.05) is 16.1 Å². The highest BCUT2D eigenvalue weighted by Crippen LogP contribution is 2.31. The molecular formula is C15H11ClN4S. The molecule has 2 aromatic heterocycles. The normalized spacial score (nSPS) is 13.3. The lowest BCUT2D eigenvalue weighted by Gasteiger charge is -2.08. The van der Waals surface area contributed by atoms with Gasteiger partial charge in [0.25, 0.3) is 0 Å². The Morgan fingerprint density at radius 3 is 2.86 bits per heavy atom. The highest BCUT2D eigenvalue weighted by Gasteiger charge is 2.23. The molecule has 0 bridgehead atoms. The van der Waals surface area contributed by atoms with Crippen molar-refractivity contribution in [2.45, 2.75) is 13.5 Å². The van der Waals surface area contributed by atoms with Crippen molar-refractivity contribution in [3.8, 4) is 5.00 Å². The number of aromatic nitrogens is 3. The minimum absolute atomic E-state index is 0.503. The molecule has 6 heteroatoms.